The lowest BCUT2D eigenvalue weighted by atomic mass is 10.2. The lowest BCUT2D eigenvalue weighted by molar-refractivity contribution is 0.369. The molecular weight excluding hydrogens is 364 g/mol. The molecule has 158 valence electrons. The van der Waals surface area contributed by atoms with Gasteiger partial charge in [-0.3, -0.25) is 4.99 Å². The van der Waals surface area contributed by atoms with Crippen LogP contribution in [0.5, 0.6) is 0 Å². The van der Waals surface area contributed by atoms with E-state index in [1.807, 2.05) is 0 Å². The molecular formula is C22H34N6O. The van der Waals surface area contributed by atoms with Crippen molar-refractivity contribution in [3.05, 3.63) is 41.5 Å². The van der Waals surface area contributed by atoms with E-state index < -0.39 is 0 Å². The number of nitrogens with zero attached hydrogens (tertiary/aromatic N) is 4. The predicted molar refractivity (Wildman–Crippen MR) is 118 cm³/mol. The Bertz CT molecular complexity index is 783. The Kier molecular flexibility index (Phi) is 7.49. The summed E-state index contributed by atoms with van der Waals surface area (Å²) in [4.78, 5) is 11.6. The quantitative estimate of drug-likeness (QED) is 0.404. The van der Waals surface area contributed by atoms with Gasteiger partial charge in [0.2, 0.25) is 5.89 Å². The summed E-state index contributed by atoms with van der Waals surface area (Å²) in [5, 5.41) is 11.0. The Morgan fingerprint density at radius 2 is 2.10 bits per heavy atom. The Morgan fingerprint density at radius 3 is 2.79 bits per heavy atom. The van der Waals surface area contributed by atoms with Crippen molar-refractivity contribution in [3.8, 4) is 0 Å². The first-order valence-electron chi connectivity index (χ1n) is 10.7. The van der Waals surface area contributed by atoms with Crippen LogP contribution in [0, 0.1) is 6.92 Å². The van der Waals surface area contributed by atoms with E-state index in [1.54, 1.807) is 0 Å². The first kappa shape index (κ1) is 21.1. The van der Waals surface area contributed by atoms with Gasteiger partial charge in [-0.2, -0.15) is 4.98 Å². The van der Waals surface area contributed by atoms with Crippen LogP contribution in [0.25, 0.3) is 0 Å². The third-order valence-electron chi connectivity index (χ3n) is 5.09. The van der Waals surface area contributed by atoms with E-state index in [4.69, 9.17) is 9.52 Å². The van der Waals surface area contributed by atoms with Crippen LogP contribution in [0.4, 0.5) is 5.69 Å². The van der Waals surface area contributed by atoms with Crippen LogP contribution >= 0.6 is 0 Å². The van der Waals surface area contributed by atoms with Crippen molar-refractivity contribution < 1.29 is 4.52 Å². The summed E-state index contributed by atoms with van der Waals surface area (Å²) in [6.07, 6.45) is 2.75. The highest BCUT2D eigenvalue weighted by Gasteiger charge is 2.23. The average Bonchev–Trinajstić information content (AvgIpc) is 3.36. The van der Waals surface area contributed by atoms with Gasteiger partial charge in [0.05, 0.1) is 0 Å². The molecule has 0 amide bonds. The molecule has 0 aliphatic carbocycles. The molecule has 0 bridgehead atoms. The van der Waals surface area contributed by atoms with Crippen LogP contribution in [0.3, 0.4) is 0 Å². The molecule has 0 radical (unpaired) electrons. The zero-order chi connectivity index (χ0) is 20.6. The molecule has 1 unspecified atom stereocenters. The van der Waals surface area contributed by atoms with Gasteiger partial charge in [0, 0.05) is 50.2 Å². The zero-order valence-corrected chi connectivity index (χ0v) is 18.1. The molecule has 1 fully saturated rings. The van der Waals surface area contributed by atoms with E-state index in [0.29, 0.717) is 17.9 Å². The number of guanidine groups is 1. The SMILES string of the molecule is CCNC(=NCCCc1nc(C(C)C)no1)NC1CCN(c2ccc(C)cc2)C1. The number of aromatic nitrogens is 2. The third kappa shape index (κ3) is 6.21. The van der Waals surface area contributed by atoms with Crippen molar-refractivity contribution >= 4 is 11.6 Å². The fourth-order valence-electron chi connectivity index (χ4n) is 3.41. The molecule has 1 aromatic carbocycles. The first-order chi connectivity index (χ1) is 14.0. The van der Waals surface area contributed by atoms with Crippen molar-refractivity contribution in [3.63, 3.8) is 0 Å². The molecule has 0 saturated carbocycles. The van der Waals surface area contributed by atoms with E-state index in [0.717, 1.165) is 57.2 Å². The van der Waals surface area contributed by atoms with Gasteiger partial charge in [-0.15, -0.1) is 0 Å². The lowest BCUT2D eigenvalue weighted by Gasteiger charge is -2.20. The van der Waals surface area contributed by atoms with Crippen LogP contribution in [-0.4, -0.2) is 48.3 Å². The maximum atomic E-state index is 5.30. The highest BCUT2D eigenvalue weighted by Crippen LogP contribution is 2.20. The largest absolute Gasteiger partial charge is 0.369 e. The number of benzene rings is 1. The summed E-state index contributed by atoms with van der Waals surface area (Å²) >= 11 is 0. The second-order valence-corrected chi connectivity index (χ2v) is 7.98. The van der Waals surface area contributed by atoms with Gasteiger partial charge in [0.25, 0.3) is 0 Å². The van der Waals surface area contributed by atoms with E-state index in [1.165, 1.54) is 11.3 Å². The standard InChI is InChI=1S/C22H34N6O/c1-5-23-22(24-13-6-7-20-26-21(16(2)3)27-29-20)25-18-12-14-28(15-18)19-10-8-17(4)9-11-19/h8-11,16,18H,5-7,12-15H2,1-4H3,(H2,23,24,25). The molecule has 1 atom stereocenters. The number of hydrogen-bond donors (Lipinski definition) is 2. The monoisotopic (exact) mass is 398 g/mol. The van der Waals surface area contributed by atoms with Crippen LogP contribution < -0.4 is 15.5 Å². The van der Waals surface area contributed by atoms with Gasteiger partial charge in [0.15, 0.2) is 11.8 Å². The van der Waals surface area contributed by atoms with E-state index in [-0.39, 0.29) is 0 Å². The average molecular weight is 399 g/mol. The van der Waals surface area contributed by atoms with Crippen LogP contribution in [-0.2, 0) is 6.42 Å². The molecule has 29 heavy (non-hydrogen) atoms. The number of hydrogen-bond acceptors (Lipinski definition) is 5. The Morgan fingerprint density at radius 1 is 1.31 bits per heavy atom. The van der Waals surface area contributed by atoms with E-state index in [9.17, 15) is 0 Å². The molecule has 1 aromatic heterocycles. The number of aryl methyl sites for hydroxylation is 2. The molecule has 1 saturated heterocycles. The Labute approximate surface area is 174 Å². The second-order valence-electron chi connectivity index (χ2n) is 7.98. The Hall–Kier alpha value is -2.57. The van der Waals surface area contributed by atoms with Gasteiger partial charge >= 0.3 is 0 Å². The lowest BCUT2D eigenvalue weighted by Crippen LogP contribution is -2.44. The molecule has 0 spiro atoms. The van der Waals surface area contributed by atoms with Crippen molar-refractivity contribution in [2.75, 3.05) is 31.1 Å². The minimum atomic E-state index is 0.293. The van der Waals surface area contributed by atoms with Crippen molar-refractivity contribution in [2.45, 2.75) is 58.9 Å². The van der Waals surface area contributed by atoms with Gasteiger partial charge < -0.3 is 20.1 Å². The van der Waals surface area contributed by atoms with Gasteiger partial charge in [0.1, 0.15) is 0 Å². The second kappa shape index (κ2) is 10.3. The van der Waals surface area contributed by atoms with Gasteiger partial charge in [-0.05, 0) is 38.8 Å². The summed E-state index contributed by atoms with van der Waals surface area (Å²) in [5.41, 5.74) is 2.59. The first-order valence-corrected chi connectivity index (χ1v) is 10.7. The summed E-state index contributed by atoms with van der Waals surface area (Å²) in [6.45, 7) is 12.0. The predicted octanol–water partition coefficient (Wildman–Crippen LogP) is 3.27. The summed E-state index contributed by atoms with van der Waals surface area (Å²) in [7, 11) is 0. The van der Waals surface area contributed by atoms with Crippen molar-refractivity contribution in [2.24, 2.45) is 4.99 Å². The molecule has 2 aromatic rings. The minimum absolute atomic E-state index is 0.293. The van der Waals surface area contributed by atoms with Crippen LogP contribution in [0.15, 0.2) is 33.8 Å². The third-order valence-corrected chi connectivity index (χ3v) is 5.09. The normalized spacial score (nSPS) is 17.2. The molecule has 1 aliphatic heterocycles. The van der Waals surface area contributed by atoms with Crippen molar-refractivity contribution in [1.29, 1.82) is 0 Å². The van der Waals surface area contributed by atoms with Crippen LogP contribution in [0.1, 0.15) is 56.8 Å². The summed E-state index contributed by atoms with van der Waals surface area (Å²) < 4.78 is 5.30. The maximum Gasteiger partial charge on any atom is 0.226 e. The molecule has 7 heteroatoms. The van der Waals surface area contributed by atoms with E-state index >= 15 is 0 Å². The van der Waals surface area contributed by atoms with Crippen molar-refractivity contribution in [1.82, 2.24) is 20.8 Å². The highest BCUT2D eigenvalue weighted by molar-refractivity contribution is 5.80. The number of aliphatic imine (C=N–C) groups is 1. The van der Waals surface area contributed by atoms with Crippen LogP contribution in [0.2, 0.25) is 0 Å². The molecule has 1 aliphatic rings. The van der Waals surface area contributed by atoms with Gasteiger partial charge in [-0.25, -0.2) is 0 Å². The Balaban J connectivity index is 1.47. The number of rotatable bonds is 8. The maximum absolute atomic E-state index is 5.30. The fourth-order valence-corrected chi connectivity index (χ4v) is 3.41. The molecule has 3 rings (SSSR count). The fraction of sp³-hybridized carbons (Fsp3) is 0.591. The van der Waals surface area contributed by atoms with Gasteiger partial charge in [-0.1, -0.05) is 36.7 Å². The smallest absolute Gasteiger partial charge is 0.226 e. The summed E-state index contributed by atoms with van der Waals surface area (Å²) in [6, 6.07) is 9.17. The highest BCUT2D eigenvalue weighted by atomic mass is 16.5. The number of nitrogens with one attached hydrogen (secondary N) is 2. The molecule has 7 nitrogen and oxygen atoms in total. The topological polar surface area (TPSA) is 78.6 Å². The molecule has 2 heterocycles. The summed E-state index contributed by atoms with van der Waals surface area (Å²) in [5.74, 6) is 2.65. The minimum Gasteiger partial charge on any atom is -0.369 e. The zero-order valence-electron chi connectivity index (χ0n) is 18.1. The molecule has 2 N–H and O–H groups in total. The number of anilines is 1. The van der Waals surface area contributed by atoms with E-state index in [2.05, 4.69) is 77.6 Å².